The van der Waals surface area contributed by atoms with Crippen molar-refractivity contribution >= 4 is 11.8 Å². The molecule has 0 radical (unpaired) electrons. The van der Waals surface area contributed by atoms with Gasteiger partial charge in [-0.05, 0) is 6.42 Å². The summed E-state index contributed by atoms with van der Waals surface area (Å²) in [6.45, 7) is 3.55. The van der Waals surface area contributed by atoms with E-state index in [4.69, 9.17) is 0 Å². The Balaban J connectivity index is 2.60. The molecule has 4 nitrogen and oxygen atoms in total. The summed E-state index contributed by atoms with van der Waals surface area (Å²) < 4.78 is 4.66. The van der Waals surface area contributed by atoms with Crippen LogP contribution in [0.25, 0.3) is 0 Å². The van der Waals surface area contributed by atoms with Crippen LogP contribution in [-0.4, -0.2) is 32.0 Å². The minimum atomic E-state index is -0.203. The van der Waals surface area contributed by atoms with Crippen LogP contribution in [0.15, 0.2) is 4.99 Å². The third-order valence-electron chi connectivity index (χ3n) is 1.92. The van der Waals surface area contributed by atoms with E-state index >= 15 is 0 Å². The Hall–Kier alpha value is -1.06. The molecule has 1 heterocycles. The molecule has 0 aromatic rings. The van der Waals surface area contributed by atoms with E-state index in [2.05, 4.69) is 15.0 Å². The lowest BCUT2D eigenvalue weighted by atomic mass is 10.1. The number of rotatable bonds is 3. The Kier molecular flexibility index (Phi) is 3.08. The summed E-state index contributed by atoms with van der Waals surface area (Å²) in [6.07, 6.45) is 0.735. The van der Waals surface area contributed by atoms with Crippen LogP contribution in [0.3, 0.4) is 0 Å². The number of nitrogens with zero attached hydrogens (tertiary/aromatic N) is 1. The monoisotopic (exact) mass is 170 g/mol. The van der Waals surface area contributed by atoms with E-state index in [1.165, 1.54) is 7.11 Å². The quantitative estimate of drug-likeness (QED) is 0.615. The molecular formula is C8H14N2O2. The molecule has 1 unspecified atom stereocenters. The van der Waals surface area contributed by atoms with Gasteiger partial charge in [-0.15, -0.1) is 0 Å². The minimum Gasteiger partial charge on any atom is -0.468 e. The fourth-order valence-corrected chi connectivity index (χ4v) is 1.26. The average Bonchev–Trinajstić information content (AvgIpc) is 2.58. The van der Waals surface area contributed by atoms with Crippen LogP contribution in [0.1, 0.15) is 13.3 Å². The summed E-state index contributed by atoms with van der Waals surface area (Å²) in [6, 6.07) is 0. The second-order valence-electron chi connectivity index (χ2n) is 2.68. The number of amidine groups is 1. The van der Waals surface area contributed by atoms with Gasteiger partial charge in [-0.1, -0.05) is 6.92 Å². The molecule has 0 aromatic carbocycles. The smallest absolute Gasteiger partial charge is 0.316 e. The second kappa shape index (κ2) is 4.09. The number of carbonyl (C=O) groups is 1. The minimum absolute atomic E-state index is 0.197. The number of carbonyl (C=O) groups excluding carboxylic acids is 1. The van der Waals surface area contributed by atoms with E-state index < -0.39 is 0 Å². The number of ether oxygens (including phenoxy) is 1. The topological polar surface area (TPSA) is 50.7 Å². The number of hydrogen-bond donors (Lipinski definition) is 1. The molecule has 0 saturated carbocycles. The standard InChI is InChI=1S/C8H14N2O2/c1-3-6(8(11)12-2)7-9-4-5-10-7/h6H,3-5H2,1-2H3,(H,9,10). The lowest BCUT2D eigenvalue weighted by Gasteiger charge is -2.12. The summed E-state index contributed by atoms with van der Waals surface area (Å²) in [5.74, 6) is 0.382. The molecule has 0 amide bonds. The van der Waals surface area contributed by atoms with Crippen molar-refractivity contribution in [3.8, 4) is 0 Å². The first-order chi connectivity index (χ1) is 5.79. The fraction of sp³-hybridized carbons (Fsp3) is 0.750. The molecule has 1 rings (SSSR count). The van der Waals surface area contributed by atoms with Crippen molar-refractivity contribution in [2.24, 2.45) is 10.9 Å². The highest BCUT2D eigenvalue weighted by atomic mass is 16.5. The number of nitrogens with one attached hydrogen (secondary N) is 1. The van der Waals surface area contributed by atoms with Gasteiger partial charge in [0, 0.05) is 6.54 Å². The third kappa shape index (κ3) is 1.75. The zero-order valence-corrected chi connectivity index (χ0v) is 7.46. The van der Waals surface area contributed by atoms with E-state index in [9.17, 15) is 4.79 Å². The Morgan fingerprint density at radius 2 is 2.58 bits per heavy atom. The number of hydrogen-bond acceptors (Lipinski definition) is 4. The zero-order chi connectivity index (χ0) is 8.97. The molecule has 0 fully saturated rings. The normalized spacial score (nSPS) is 18.0. The van der Waals surface area contributed by atoms with E-state index in [1.807, 2.05) is 6.92 Å². The molecule has 0 saturated heterocycles. The maximum Gasteiger partial charge on any atom is 0.316 e. The predicted molar refractivity (Wildman–Crippen MR) is 46.1 cm³/mol. The molecule has 0 aliphatic carbocycles. The molecular weight excluding hydrogens is 156 g/mol. The fourth-order valence-electron chi connectivity index (χ4n) is 1.26. The van der Waals surface area contributed by atoms with Crippen molar-refractivity contribution in [3.05, 3.63) is 0 Å². The highest BCUT2D eigenvalue weighted by Gasteiger charge is 2.24. The van der Waals surface area contributed by atoms with Crippen LogP contribution in [0.2, 0.25) is 0 Å². The number of methoxy groups -OCH3 is 1. The van der Waals surface area contributed by atoms with Gasteiger partial charge in [0.2, 0.25) is 0 Å². The molecule has 12 heavy (non-hydrogen) atoms. The molecule has 1 aliphatic heterocycles. The third-order valence-corrected chi connectivity index (χ3v) is 1.92. The van der Waals surface area contributed by atoms with Gasteiger partial charge >= 0.3 is 5.97 Å². The average molecular weight is 170 g/mol. The lowest BCUT2D eigenvalue weighted by Crippen LogP contribution is -2.32. The largest absolute Gasteiger partial charge is 0.468 e. The summed E-state index contributed by atoms with van der Waals surface area (Å²) >= 11 is 0. The highest BCUT2D eigenvalue weighted by Crippen LogP contribution is 2.08. The highest BCUT2D eigenvalue weighted by molar-refractivity contribution is 6.01. The van der Waals surface area contributed by atoms with E-state index in [1.54, 1.807) is 0 Å². The van der Waals surface area contributed by atoms with Crippen molar-refractivity contribution in [3.63, 3.8) is 0 Å². The van der Waals surface area contributed by atoms with E-state index in [0.29, 0.717) is 0 Å². The number of esters is 1. The zero-order valence-electron chi connectivity index (χ0n) is 7.46. The molecule has 0 aromatic heterocycles. The van der Waals surface area contributed by atoms with Gasteiger partial charge in [-0.25, -0.2) is 0 Å². The second-order valence-corrected chi connectivity index (χ2v) is 2.68. The van der Waals surface area contributed by atoms with Crippen LogP contribution >= 0.6 is 0 Å². The maximum atomic E-state index is 11.2. The summed E-state index contributed by atoms with van der Waals surface area (Å²) in [5.41, 5.74) is 0. The van der Waals surface area contributed by atoms with Crippen LogP contribution in [0.5, 0.6) is 0 Å². The van der Waals surface area contributed by atoms with Gasteiger partial charge in [0.05, 0.1) is 13.7 Å². The molecule has 68 valence electrons. The van der Waals surface area contributed by atoms with Crippen LogP contribution in [-0.2, 0) is 9.53 Å². The summed E-state index contributed by atoms with van der Waals surface area (Å²) in [7, 11) is 1.40. The van der Waals surface area contributed by atoms with Crippen molar-refractivity contribution in [2.45, 2.75) is 13.3 Å². The van der Waals surface area contributed by atoms with Crippen LogP contribution in [0.4, 0.5) is 0 Å². The Morgan fingerprint density at radius 3 is 3.00 bits per heavy atom. The SMILES string of the molecule is CCC(C(=O)OC)C1=NCCN1. The molecule has 1 atom stereocenters. The molecule has 1 aliphatic rings. The van der Waals surface area contributed by atoms with Gasteiger partial charge in [0.1, 0.15) is 11.8 Å². The lowest BCUT2D eigenvalue weighted by molar-refractivity contribution is -0.143. The Bertz CT molecular complexity index is 201. The van der Waals surface area contributed by atoms with Gasteiger partial charge in [-0.2, -0.15) is 0 Å². The predicted octanol–water partition coefficient (Wildman–Crippen LogP) is 0.187. The van der Waals surface area contributed by atoms with E-state index in [-0.39, 0.29) is 11.9 Å². The van der Waals surface area contributed by atoms with Crippen LogP contribution < -0.4 is 5.32 Å². The Labute approximate surface area is 72.0 Å². The van der Waals surface area contributed by atoms with Gasteiger partial charge in [0.15, 0.2) is 0 Å². The van der Waals surface area contributed by atoms with Crippen molar-refractivity contribution < 1.29 is 9.53 Å². The van der Waals surface area contributed by atoms with Gasteiger partial charge in [-0.3, -0.25) is 9.79 Å². The first-order valence-corrected chi connectivity index (χ1v) is 4.15. The van der Waals surface area contributed by atoms with Crippen molar-refractivity contribution in [1.82, 2.24) is 5.32 Å². The van der Waals surface area contributed by atoms with Crippen molar-refractivity contribution in [1.29, 1.82) is 0 Å². The van der Waals surface area contributed by atoms with E-state index in [0.717, 1.165) is 25.3 Å². The molecule has 0 bridgehead atoms. The number of aliphatic imine (C=N–C) groups is 1. The molecule has 0 spiro atoms. The maximum absolute atomic E-state index is 11.2. The Morgan fingerprint density at radius 1 is 1.83 bits per heavy atom. The van der Waals surface area contributed by atoms with Crippen LogP contribution in [0, 0.1) is 5.92 Å². The summed E-state index contributed by atoms with van der Waals surface area (Å²) in [4.78, 5) is 15.4. The van der Waals surface area contributed by atoms with Gasteiger partial charge < -0.3 is 10.1 Å². The first kappa shape index (κ1) is 9.03. The van der Waals surface area contributed by atoms with Gasteiger partial charge in [0.25, 0.3) is 0 Å². The summed E-state index contributed by atoms with van der Waals surface area (Å²) in [5, 5.41) is 3.07. The molecule has 4 heteroatoms. The van der Waals surface area contributed by atoms with Crippen molar-refractivity contribution in [2.75, 3.05) is 20.2 Å². The first-order valence-electron chi connectivity index (χ1n) is 4.15. The molecule has 1 N–H and O–H groups in total.